The van der Waals surface area contributed by atoms with Crippen molar-refractivity contribution in [2.45, 2.75) is 130 Å². The number of aliphatic hydroxyl groups excluding tert-OH is 4. The van der Waals surface area contributed by atoms with Gasteiger partial charge in [-0.15, -0.1) is 0 Å². The first-order chi connectivity index (χ1) is 20.7. The summed E-state index contributed by atoms with van der Waals surface area (Å²) in [6.07, 6.45) is -8.45. The highest BCUT2D eigenvalue weighted by atomic mass is 16.7. The number of nitrogens with one attached hydrogen (secondary N) is 3. The monoisotopic (exact) mass is 636 g/mol. The lowest BCUT2D eigenvalue weighted by Crippen LogP contribution is -2.69. The maximum Gasteiger partial charge on any atom is 0.251 e. The third-order valence-electron chi connectivity index (χ3n) is 9.10. The van der Waals surface area contributed by atoms with Gasteiger partial charge < -0.3 is 82.7 Å². The predicted molar refractivity (Wildman–Crippen MR) is 153 cm³/mol. The van der Waals surface area contributed by atoms with Crippen LogP contribution in [0.25, 0.3) is 0 Å². The molecule has 2 aliphatic carbocycles. The summed E-state index contributed by atoms with van der Waals surface area (Å²) >= 11 is 0. The van der Waals surface area contributed by atoms with Crippen molar-refractivity contribution >= 4 is 5.91 Å². The van der Waals surface area contributed by atoms with E-state index in [9.17, 15) is 35.4 Å². The highest BCUT2D eigenvalue weighted by molar-refractivity contribution is 5.81. The largest absolute Gasteiger partial charge is 0.389 e. The molecule has 14 atom stereocenters. The van der Waals surface area contributed by atoms with E-state index in [1.165, 1.54) is 6.92 Å². The van der Waals surface area contributed by atoms with Crippen molar-refractivity contribution in [2.75, 3.05) is 33.3 Å². The van der Waals surface area contributed by atoms with Gasteiger partial charge in [0.15, 0.2) is 18.7 Å². The SMILES string of the molecule is CN[C@@H]1C(O)[C@@H](OC2C(O)C(O[C@H]3O[C@H](CNCC4(O)CC4)CCC3N)[C@@H](N)C[C@H]2NC(=O)[C@@H](O)[C@@H](O)CN)OCC1(C)O. The van der Waals surface area contributed by atoms with Gasteiger partial charge in [0.25, 0.3) is 5.91 Å². The Morgan fingerprint density at radius 2 is 1.73 bits per heavy atom. The average Bonchev–Trinajstić information content (AvgIpc) is 3.71. The summed E-state index contributed by atoms with van der Waals surface area (Å²) in [4.78, 5) is 12.8. The fraction of sp³-hybridized carbons (Fsp3) is 0.963. The van der Waals surface area contributed by atoms with Crippen LogP contribution in [0.3, 0.4) is 0 Å². The average molecular weight is 637 g/mol. The second kappa shape index (κ2) is 14.7. The minimum Gasteiger partial charge on any atom is -0.389 e. The van der Waals surface area contributed by atoms with Crippen LogP contribution >= 0.6 is 0 Å². The maximum absolute atomic E-state index is 12.8. The van der Waals surface area contributed by atoms with E-state index in [1.807, 2.05) is 0 Å². The second-order valence-corrected chi connectivity index (χ2v) is 13.0. The molecule has 0 aromatic rings. The third kappa shape index (κ3) is 8.41. The van der Waals surface area contributed by atoms with Gasteiger partial charge in [0.1, 0.15) is 36.1 Å². The van der Waals surface area contributed by atoms with Crippen molar-refractivity contribution in [3.8, 4) is 0 Å². The van der Waals surface area contributed by atoms with Crippen LogP contribution in [0.1, 0.15) is 39.0 Å². The van der Waals surface area contributed by atoms with E-state index in [1.54, 1.807) is 7.05 Å². The fourth-order valence-corrected chi connectivity index (χ4v) is 6.13. The molecule has 4 rings (SSSR count). The first-order valence-corrected chi connectivity index (χ1v) is 15.3. The van der Waals surface area contributed by atoms with E-state index in [2.05, 4.69) is 16.0 Å². The lowest BCUT2D eigenvalue weighted by Gasteiger charge is -2.49. The van der Waals surface area contributed by atoms with Gasteiger partial charge in [0, 0.05) is 25.7 Å². The zero-order chi connectivity index (χ0) is 32.4. The van der Waals surface area contributed by atoms with E-state index in [-0.39, 0.29) is 25.7 Å². The molecule has 0 spiro atoms. The standard InChI is InChI=1S/C27H52N6O11/c1-26(39)11-41-25(19(37)22(26)31-2)44-21-15(33-23(38)17(35)16(34)8-28)7-14(30)20(18(21)36)43-24-13(29)4-3-12(42-24)9-32-10-27(40)5-6-27/h12-22,24-25,31-32,34-37,39-40H,3-11,28-30H2,1-2H3,(H,33,38)/t12-,13?,14-,15+,16-,17-,18?,19?,20?,21?,22+,24+,25+,26?/m0/s1. The van der Waals surface area contributed by atoms with Crippen LogP contribution in [0, 0.1) is 0 Å². The molecule has 2 heterocycles. The predicted octanol–water partition coefficient (Wildman–Crippen LogP) is -5.98. The number of hydrogen-bond donors (Lipinski definition) is 12. The van der Waals surface area contributed by atoms with Crippen LogP contribution in [0.4, 0.5) is 0 Å². The first-order valence-electron chi connectivity index (χ1n) is 15.3. The first kappa shape index (κ1) is 35.7. The minimum atomic E-state index is -1.86. The van der Waals surface area contributed by atoms with Gasteiger partial charge >= 0.3 is 0 Å². The number of rotatable bonds is 13. The third-order valence-corrected chi connectivity index (χ3v) is 9.10. The van der Waals surface area contributed by atoms with Crippen LogP contribution < -0.4 is 33.2 Å². The summed E-state index contributed by atoms with van der Waals surface area (Å²) in [7, 11) is 1.56. The van der Waals surface area contributed by atoms with E-state index in [0.717, 1.165) is 12.8 Å². The van der Waals surface area contributed by atoms with E-state index in [4.69, 9.17) is 36.1 Å². The zero-order valence-electron chi connectivity index (χ0n) is 25.3. The van der Waals surface area contributed by atoms with Crippen LogP contribution in [0.2, 0.25) is 0 Å². The number of likely N-dealkylation sites (N-methyl/N-ethyl adjacent to an activating group) is 1. The van der Waals surface area contributed by atoms with E-state index >= 15 is 0 Å². The van der Waals surface area contributed by atoms with E-state index < -0.39 is 90.5 Å². The molecule has 1 amide bonds. The van der Waals surface area contributed by atoms with Crippen molar-refractivity contribution in [1.82, 2.24) is 16.0 Å². The molecule has 256 valence electrons. The van der Waals surface area contributed by atoms with Crippen LogP contribution in [-0.4, -0.2) is 161 Å². The second-order valence-electron chi connectivity index (χ2n) is 13.0. The lowest BCUT2D eigenvalue weighted by molar-refractivity contribution is -0.307. The number of hydrogen-bond acceptors (Lipinski definition) is 16. The Morgan fingerprint density at radius 3 is 2.36 bits per heavy atom. The Labute approximate surface area is 256 Å². The minimum absolute atomic E-state index is 0.00884. The number of carbonyl (C=O) groups excluding carboxylic acids is 1. The van der Waals surface area contributed by atoms with Crippen molar-refractivity contribution in [2.24, 2.45) is 17.2 Å². The summed E-state index contributed by atoms with van der Waals surface area (Å²) in [5.74, 6) is -0.967. The molecule has 0 radical (unpaired) electrons. The number of nitrogens with two attached hydrogens (primary N) is 3. The highest BCUT2D eigenvalue weighted by Crippen LogP contribution is 2.34. The fourth-order valence-electron chi connectivity index (χ4n) is 6.13. The highest BCUT2D eigenvalue weighted by Gasteiger charge is 2.52. The Balaban J connectivity index is 1.48. The smallest absolute Gasteiger partial charge is 0.251 e. The van der Waals surface area contributed by atoms with Crippen molar-refractivity contribution in [3.05, 3.63) is 0 Å². The van der Waals surface area contributed by atoms with E-state index in [0.29, 0.717) is 25.9 Å². The van der Waals surface area contributed by atoms with Crippen molar-refractivity contribution in [1.29, 1.82) is 0 Å². The van der Waals surface area contributed by atoms with Gasteiger partial charge in [-0.25, -0.2) is 0 Å². The normalized spacial score (nSPS) is 43.7. The van der Waals surface area contributed by atoms with Crippen LogP contribution in [0.15, 0.2) is 0 Å². The number of amides is 1. The molecule has 44 heavy (non-hydrogen) atoms. The molecule has 0 aromatic carbocycles. The van der Waals surface area contributed by atoms with Crippen molar-refractivity contribution < 1.29 is 54.4 Å². The zero-order valence-corrected chi connectivity index (χ0v) is 25.3. The summed E-state index contributed by atoms with van der Waals surface area (Å²) in [5.41, 5.74) is 16.1. The molecule has 2 saturated heterocycles. The molecular formula is C27H52N6O11. The Bertz CT molecular complexity index is 948. The van der Waals surface area contributed by atoms with Gasteiger partial charge in [0.05, 0.1) is 36.4 Å². The molecular weight excluding hydrogens is 584 g/mol. The lowest BCUT2D eigenvalue weighted by atomic mass is 9.83. The Kier molecular flexibility index (Phi) is 12.0. The van der Waals surface area contributed by atoms with Crippen molar-refractivity contribution in [3.63, 3.8) is 0 Å². The molecule has 0 bridgehead atoms. The number of carbonyl (C=O) groups is 1. The molecule has 6 unspecified atom stereocenters. The molecule has 2 aliphatic heterocycles. The Morgan fingerprint density at radius 1 is 1.05 bits per heavy atom. The molecule has 0 aromatic heterocycles. The molecule has 15 N–H and O–H groups in total. The summed E-state index contributed by atoms with van der Waals surface area (Å²) < 4.78 is 24.0. The Hall–Kier alpha value is -1.13. The topological polar surface area (TPSA) is 290 Å². The van der Waals surface area contributed by atoms with Gasteiger partial charge in [-0.2, -0.15) is 0 Å². The number of ether oxygens (including phenoxy) is 4. The van der Waals surface area contributed by atoms with Gasteiger partial charge in [-0.3, -0.25) is 4.79 Å². The molecule has 17 heteroatoms. The molecule has 4 aliphatic rings. The molecule has 17 nitrogen and oxygen atoms in total. The molecule has 2 saturated carbocycles. The van der Waals surface area contributed by atoms with Gasteiger partial charge in [0.2, 0.25) is 0 Å². The maximum atomic E-state index is 12.8. The number of aliphatic hydroxyl groups is 6. The summed E-state index contributed by atoms with van der Waals surface area (Å²) in [6, 6.07) is -3.27. The summed E-state index contributed by atoms with van der Waals surface area (Å²) in [5, 5.41) is 72.0. The quantitative estimate of drug-likeness (QED) is 0.0896. The van der Waals surface area contributed by atoms with Gasteiger partial charge in [-0.05, 0) is 46.1 Å². The van der Waals surface area contributed by atoms with Crippen LogP contribution in [-0.2, 0) is 23.7 Å². The molecule has 4 fully saturated rings. The van der Waals surface area contributed by atoms with Crippen LogP contribution in [0.5, 0.6) is 0 Å². The summed E-state index contributed by atoms with van der Waals surface area (Å²) in [6.45, 7) is 1.84. The van der Waals surface area contributed by atoms with Gasteiger partial charge in [-0.1, -0.05) is 0 Å².